The summed E-state index contributed by atoms with van der Waals surface area (Å²) in [6, 6.07) is 71.8. The number of para-hydroxylation sites is 4. The Kier molecular flexibility index (Phi) is 6.66. The molecule has 0 aliphatic rings. The van der Waals surface area contributed by atoms with E-state index in [2.05, 4.69) is 202 Å². The van der Waals surface area contributed by atoms with E-state index in [1.807, 2.05) is 12.1 Å². The predicted molar refractivity (Wildman–Crippen MR) is 245 cm³/mol. The largest absolute Gasteiger partial charge is 0.309 e. The number of hydrogen-bond donors (Lipinski definition) is 0. The zero-order valence-corrected chi connectivity index (χ0v) is 31.8. The Morgan fingerprint density at radius 2 is 0.627 bits per heavy atom. The Bertz CT molecular complexity index is 3430. The van der Waals surface area contributed by atoms with Crippen molar-refractivity contribution in [2.45, 2.75) is 0 Å². The summed E-state index contributed by atoms with van der Waals surface area (Å²) < 4.78 is 7.17. The topological polar surface area (TPSA) is 40.6 Å². The molecular weight excluding hydrogens is 719 g/mol. The smallest absolute Gasteiger partial charge is 0.235 e. The fourth-order valence-corrected chi connectivity index (χ4v) is 9.74. The molecule has 0 aliphatic carbocycles. The number of nitrogens with zero attached hydrogens (tertiary/aromatic N) is 5. The minimum Gasteiger partial charge on any atom is -0.309 e. The van der Waals surface area contributed by atoms with E-state index in [9.17, 15) is 0 Å². The molecule has 0 bridgehead atoms. The lowest BCUT2D eigenvalue weighted by molar-refractivity contribution is 0.995. The van der Waals surface area contributed by atoms with E-state index in [4.69, 9.17) is 9.97 Å². The highest BCUT2D eigenvalue weighted by Crippen LogP contribution is 2.45. The molecule has 13 rings (SSSR count). The van der Waals surface area contributed by atoms with E-state index < -0.39 is 0 Å². The van der Waals surface area contributed by atoms with Gasteiger partial charge in [-0.3, -0.25) is 4.57 Å². The molecule has 0 N–H and O–H groups in total. The summed E-state index contributed by atoms with van der Waals surface area (Å²) in [5, 5.41) is 9.69. The Balaban J connectivity index is 1.18. The van der Waals surface area contributed by atoms with Gasteiger partial charge in [-0.25, -0.2) is 9.97 Å². The van der Waals surface area contributed by atoms with Gasteiger partial charge in [-0.2, -0.15) is 0 Å². The van der Waals surface area contributed by atoms with E-state index >= 15 is 0 Å². The second kappa shape index (κ2) is 12.2. The lowest BCUT2D eigenvalue weighted by Crippen LogP contribution is -2.04. The van der Waals surface area contributed by atoms with Gasteiger partial charge < -0.3 is 9.13 Å². The van der Waals surface area contributed by atoms with Crippen LogP contribution >= 0.6 is 0 Å². The van der Waals surface area contributed by atoms with Crippen LogP contribution in [-0.2, 0) is 0 Å². The number of fused-ring (bicyclic) bond motifs is 6. The maximum Gasteiger partial charge on any atom is 0.235 e. The van der Waals surface area contributed by atoms with Crippen LogP contribution in [0.25, 0.3) is 116 Å². The fraction of sp³-hybridized carbons (Fsp3) is 0. The minimum atomic E-state index is 0.637. The zero-order chi connectivity index (χ0) is 38.6. The molecule has 0 unspecified atom stereocenters. The Hall–Kier alpha value is -8.02. The quantitative estimate of drug-likeness (QED) is 0.164. The molecule has 4 heterocycles. The van der Waals surface area contributed by atoms with Crippen LogP contribution < -0.4 is 0 Å². The molecule has 0 radical (unpaired) electrons. The third kappa shape index (κ3) is 4.55. The van der Waals surface area contributed by atoms with Crippen LogP contribution in [0.1, 0.15) is 0 Å². The molecule has 13 aromatic rings. The fourth-order valence-electron chi connectivity index (χ4n) is 9.74. The summed E-state index contributed by atoms with van der Waals surface area (Å²) in [7, 11) is 0. The minimum absolute atomic E-state index is 0.637. The van der Waals surface area contributed by atoms with Crippen LogP contribution in [0.5, 0.6) is 0 Å². The predicted octanol–water partition coefficient (Wildman–Crippen LogP) is 13.7. The van der Waals surface area contributed by atoms with Crippen LogP contribution in [0.4, 0.5) is 0 Å². The number of hydrogen-bond acceptors (Lipinski definition) is 2. The first-order chi connectivity index (χ1) is 29.3. The average molecular weight is 752 g/mol. The molecule has 0 fully saturated rings. The molecule has 59 heavy (non-hydrogen) atoms. The van der Waals surface area contributed by atoms with Crippen molar-refractivity contribution >= 4 is 76.2 Å². The van der Waals surface area contributed by atoms with E-state index in [0.29, 0.717) is 5.95 Å². The van der Waals surface area contributed by atoms with Gasteiger partial charge in [0.05, 0.1) is 55.9 Å². The standard InChI is InChI=1S/C54H33N5/c1-3-15-34(16-4-1)42-33-43(35-17-5-2-6-18-35)56-54(55-42)59-50-31-29-48(57-44-23-11-7-19-36(44)37-20-8-12-24-45(37)57)40-27-28-41-49(30-32-51(59)53(41)52(40)50)58-46-25-13-9-21-38(46)39-22-10-14-26-47(39)58/h1-33H. The summed E-state index contributed by atoms with van der Waals surface area (Å²) >= 11 is 0. The molecule has 9 aromatic carbocycles. The normalized spacial score (nSPS) is 12.1. The van der Waals surface area contributed by atoms with Crippen LogP contribution in [0.3, 0.4) is 0 Å². The Morgan fingerprint density at radius 1 is 0.271 bits per heavy atom. The van der Waals surface area contributed by atoms with Gasteiger partial charge >= 0.3 is 0 Å². The van der Waals surface area contributed by atoms with Gasteiger partial charge in [-0.1, -0.05) is 146 Å². The summed E-state index contributed by atoms with van der Waals surface area (Å²) in [4.78, 5) is 10.8. The van der Waals surface area contributed by atoms with Gasteiger partial charge in [0, 0.05) is 54.2 Å². The highest BCUT2D eigenvalue weighted by atomic mass is 15.2. The van der Waals surface area contributed by atoms with Crippen molar-refractivity contribution < 1.29 is 0 Å². The molecule has 274 valence electrons. The second-order valence-electron chi connectivity index (χ2n) is 15.4. The molecular formula is C54H33N5. The molecule has 4 aromatic heterocycles. The lowest BCUT2D eigenvalue weighted by atomic mass is 9.99. The molecule has 0 saturated carbocycles. The zero-order valence-electron chi connectivity index (χ0n) is 31.8. The Morgan fingerprint density at radius 3 is 1.02 bits per heavy atom. The summed E-state index contributed by atoms with van der Waals surface area (Å²) in [5.74, 6) is 0.637. The van der Waals surface area contributed by atoms with Crippen molar-refractivity contribution in [1.29, 1.82) is 0 Å². The van der Waals surface area contributed by atoms with E-state index in [0.717, 1.165) is 44.9 Å². The van der Waals surface area contributed by atoms with Crippen LogP contribution in [0.15, 0.2) is 200 Å². The van der Waals surface area contributed by atoms with Crippen molar-refractivity contribution in [1.82, 2.24) is 23.7 Å². The van der Waals surface area contributed by atoms with E-state index in [1.54, 1.807) is 0 Å². The van der Waals surface area contributed by atoms with Gasteiger partial charge in [0.15, 0.2) is 0 Å². The third-order valence-corrected chi connectivity index (χ3v) is 12.2. The lowest BCUT2D eigenvalue weighted by Gasteiger charge is -2.15. The van der Waals surface area contributed by atoms with Gasteiger partial charge in [-0.05, 0) is 54.6 Å². The Labute approximate surface area is 338 Å². The highest BCUT2D eigenvalue weighted by Gasteiger charge is 2.25. The van der Waals surface area contributed by atoms with Crippen molar-refractivity contribution in [3.8, 4) is 39.8 Å². The van der Waals surface area contributed by atoms with Gasteiger partial charge in [0.1, 0.15) is 0 Å². The summed E-state index contributed by atoms with van der Waals surface area (Å²) in [6.45, 7) is 0. The van der Waals surface area contributed by atoms with E-state index in [-0.39, 0.29) is 0 Å². The van der Waals surface area contributed by atoms with Crippen LogP contribution in [0, 0.1) is 0 Å². The SMILES string of the molecule is c1ccc(-c2cc(-c3ccccc3)nc(-n3c4ccc(-n5c6ccccc6c6ccccc65)c5ccc6c(-n7c8ccccc8c8ccccc87)ccc3c6c54)n2)cc1. The van der Waals surface area contributed by atoms with Crippen LogP contribution in [0.2, 0.25) is 0 Å². The number of aromatic nitrogens is 5. The number of rotatable bonds is 5. The number of benzene rings is 9. The first-order valence-electron chi connectivity index (χ1n) is 20.1. The van der Waals surface area contributed by atoms with Gasteiger partial charge in [0.25, 0.3) is 0 Å². The molecule has 0 aliphatic heterocycles. The van der Waals surface area contributed by atoms with Crippen LogP contribution in [-0.4, -0.2) is 23.7 Å². The van der Waals surface area contributed by atoms with Gasteiger partial charge in [0.2, 0.25) is 5.95 Å². The first kappa shape index (κ1) is 32.1. The second-order valence-corrected chi connectivity index (χ2v) is 15.4. The monoisotopic (exact) mass is 751 g/mol. The molecule has 5 nitrogen and oxygen atoms in total. The van der Waals surface area contributed by atoms with Crippen molar-refractivity contribution in [3.63, 3.8) is 0 Å². The molecule has 0 spiro atoms. The molecule has 0 saturated heterocycles. The highest BCUT2D eigenvalue weighted by molar-refractivity contribution is 6.28. The van der Waals surface area contributed by atoms with Crippen molar-refractivity contribution in [2.24, 2.45) is 0 Å². The summed E-state index contributed by atoms with van der Waals surface area (Å²) in [5.41, 5.74) is 13.0. The molecule has 5 heteroatoms. The van der Waals surface area contributed by atoms with E-state index in [1.165, 1.54) is 65.2 Å². The third-order valence-electron chi connectivity index (χ3n) is 12.2. The molecule has 0 amide bonds. The van der Waals surface area contributed by atoms with Crippen molar-refractivity contribution in [2.75, 3.05) is 0 Å². The maximum absolute atomic E-state index is 5.38. The maximum atomic E-state index is 5.38. The summed E-state index contributed by atoms with van der Waals surface area (Å²) in [6.07, 6.45) is 0. The molecule has 0 atom stereocenters. The first-order valence-corrected chi connectivity index (χ1v) is 20.1. The van der Waals surface area contributed by atoms with Crippen molar-refractivity contribution in [3.05, 3.63) is 200 Å². The van der Waals surface area contributed by atoms with Gasteiger partial charge in [-0.15, -0.1) is 0 Å². The average Bonchev–Trinajstić information content (AvgIpc) is 3.95.